The zero-order valence-electron chi connectivity index (χ0n) is 10.2. The molecule has 1 heterocycles. The summed E-state index contributed by atoms with van der Waals surface area (Å²) in [5.74, 6) is -2.22. The van der Waals surface area contributed by atoms with Gasteiger partial charge >= 0.3 is 0 Å². The molecule has 0 saturated carbocycles. The minimum atomic E-state index is -1.01. The average molecular weight is 254 g/mol. The first-order valence-electron chi connectivity index (χ1n) is 5.99. The van der Waals surface area contributed by atoms with Crippen molar-refractivity contribution in [3.05, 3.63) is 29.8 Å². The Morgan fingerprint density at radius 3 is 2.67 bits per heavy atom. The fraction of sp³-hybridized carbons (Fsp3) is 0.462. The standard InChI is InChI=1S/C13H16F2N2O/c1-13(5-7-16-8-6-13)12(18)17-10-4-2-3-9(14)11(10)15/h2-4,16H,5-8H2,1H3,(H,17,18). The molecule has 2 rings (SSSR count). The number of anilines is 1. The second kappa shape index (κ2) is 5.02. The molecule has 98 valence electrons. The van der Waals surface area contributed by atoms with Gasteiger partial charge in [0.25, 0.3) is 0 Å². The Labute approximate surface area is 105 Å². The Hall–Kier alpha value is -1.49. The van der Waals surface area contributed by atoms with E-state index in [9.17, 15) is 13.6 Å². The Balaban J connectivity index is 2.13. The monoisotopic (exact) mass is 254 g/mol. The van der Waals surface area contributed by atoms with E-state index in [-0.39, 0.29) is 11.6 Å². The number of amides is 1. The van der Waals surface area contributed by atoms with Crippen molar-refractivity contribution < 1.29 is 13.6 Å². The lowest BCUT2D eigenvalue weighted by molar-refractivity contribution is -0.126. The van der Waals surface area contributed by atoms with E-state index in [1.165, 1.54) is 12.1 Å². The Morgan fingerprint density at radius 2 is 2.00 bits per heavy atom. The number of hydrogen-bond acceptors (Lipinski definition) is 2. The lowest BCUT2D eigenvalue weighted by Crippen LogP contribution is -2.43. The van der Waals surface area contributed by atoms with Crippen molar-refractivity contribution in [1.82, 2.24) is 5.32 Å². The third kappa shape index (κ3) is 2.51. The van der Waals surface area contributed by atoms with Crippen LogP contribution < -0.4 is 10.6 Å². The summed E-state index contributed by atoms with van der Waals surface area (Å²) in [4.78, 5) is 12.1. The molecule has 0 bridgehead atoms. The van der Waals surface area contributed by atoms with Gasteiger partial charge in [0, 0.05) is 5.41 Å². The van der Waals surface area contributed by atoms with Gasteiger partial charge in [-0.2, -0.15) is 0 Å². The van der Waals surface area contributed by atoms with Crippen molar-refractivity contribution in [2.24, 2.45) is 5.41 Å². The molecule has 1 fully saturated rings. The minimum Gasteiger partial charge on any atom is -0.323 e. The van der Waals surface area contributed by atoms with Crippen molar-refractivity contribution >= 4 is 11.6 Å². The van der Waals surface area contributed by atoms with E-state index >= 15 is 0 Å². The number of carbonyl (C=O) groups is 1. The van der Waals surface area contributed by atoms with Crippen molar-refractivity contribution in [3.8, 4) is 0 Å². The van der Waals surface area contributed by atoms with Gasteiger partial charge in [0.15, 0.2) is 11.6 Å². The predicted octanol–water partition coefficient (Wildman–Crippen LogP) is 2.29. The smallest absolute Gasteiger partial charge is 0.230 e. The number of piperidine rings is 1. The maximum absolute atomic E-state index is 13.5. The fourth-order valence-electron chi connectivity index (χ4n) is 2.08. The van der Waals surface area contributed by atoms with Crippen LogP contribution in [0.4, 0.5) is 14.5 Å². The molecule has 1 aliphatic heterocycles. The second-order valence-corrected chi connectivity index (χ2v) is 4.87. The van der Waals surface area contributed by atoms with Crippen LogP contribution in [0.1, 0.15) is 19.8 Å². The van der Waals surface area contributed by atoms with E-state index in [4.69, 9.17) is 0 Å². The van der Waals surface area contributed by atoms with Crippen LogP contribution in [0.15, 0.2) is 18.2 Å². The molecule has 0 radical (unpaired) electrons. The van der Waals surface area contributed by atoms with Crippen LogP contribution >= 0.6 is 0 Å². The first-order chi connectivity index (χ1) is 8.53. The summed E-state index contributed by atoms with van der Waals surface area (Å²) in [6.07, 6.45) is 1.38. The van der Waals surface area contributed by atoms with Gasteiger partial charge < -0.3 is 10.6 Å². The highest BCUT2D eigenvalue weighted by molar-refractivity contribution is 5.95. The molecule has 0 atom stereocenters. The molecule has 1 saturated heterocycles. The van der Waals surface area contributed by atoms with Gasteiger partial charge in [-0.3, -0.25) is 4.79 Å². The van der Waals surface area contributed by atoms with Crippen LogP contribution in [-0.4, -0.2) is 19.0 Å². The molecule has 18 heavy (non-hydrogen) atoms. The molecule has 0 unspecified atom stereocenters. The Kier molecular flexibility index (Phi) is 3.61. The lowest BCUT2D eigenvalue weighted by Gasteiger charge is -2.32. The van der Waals surface area contributed by atoms with Crippen LogP contribution in [0, 0.1) is 17.0 Å². The normalized spacial score (nSPS) is 18.4. The summed E-state index contributed by atoms with van der Waals surface area (Å²) in [5, 5.41) is 5.64. The number of carbonyl (C=O) groups excluding carboxylic acids is 1. The Morgan fingerprint density at radius 1 is 1.33 bits per heavy atom. The minimum absolute atomic E-state index is 0.0974. The summed E-state index contributed by atoms with van der Waals surface area (Å²) in [7, 11) is 0. The summed E-state index contributed by atoms with van der Waals surface area (Å²) < 4.78 is 26.5. The number of rotatable bonds is 2. The molecule has 1 aromatic carbocycles. The van der Waals surface area contributed by atoms with Crippen LogP contribution in [0.25, 0.3) is 0 Å². The van der Waals surface area contributed by atoms with Crippen molar-refractivity contribution in [2.45, 2.75) is 19.8 Å². The maximum atomic E-state index is 13.5. The second-order valence-electron chi connectivity index (χ2n) is 4.87. The summed E-state index contributed by atoms with van der Waals surface area (Å²) in [5.41, 5.74) is -0.621. The van der Waals surface area contributed by atoms with Gasteiger partial charge in [0.05, 0.1) is 5.69 Å². The van der Waals surface area contributed by atoms with E-state index in [0.29, 0.717) is 12.8 Å². The Bertz CT molecular complexity index is 456. The highest BCUT2D eigenvalue weighted by Crippen LogP contribution is 2.30. The van der Waals surface area contributed by atoms with E-state index in [0.717, 1.165) is 19.2 Å². The molecular formula is C13H16F2N2O. The molecule has 1 aliphatic rings. The molecule has 0 aliphatic carbocycles. The molecular weight excluding hydrogens is 238 g/mol. The molecule has 3 nitrogen and oxygen atoms in total. The quantitative estimate of drug-likeness (QED) is 0.850. The molecule has 0 spiro atoms. The van der Waals surface area contributed by atoms with E-state index in [2.05, 4.69) is 10.6 Å². The number of halogens is 2. The summed E-state index contributed by atoms with van der Waals surface area (Å²) in [6, 6.07) is 3.76. The molecule has 2 N–H and O–H groups in total. The third-order valence-corrected chi connectivity index (χ3v) is 3.46. The highest BCUT2D eigenvalue weighted by Gasteiger charge is 2.34. The van der Waals surface area contributed by atoms with Gasteiger partial charge in [-0.05, 0) is 38.1 Å². The maximum Gasteiger partial charge on any atom is 0.230 e. The highest BCUT2D eigenvalue weighted by atomic mass is 19.2. The molecule has 1 aromatic rings. The molecule has 1 amide bonds. The van der Waals surface area contributed by atoms with Crippen molar-refractivity contribution in [3.63, 3.8) is 0 Å². The van der Waals surface area contributed by atoms with Gasteiger partial charge in [0.1, 0.15) is 0 Å². The topological polar surface area (TPSA) is 41.1 Å². The van der Waals surface area contributed by atoms with Crippen LogP contribution in [0.2, 0.25) is 0 Å². The van der Waals surface area contributed by atoms with E-state index < -0.39 is 17.0 Å². The number of nitrogens with one attached hydrogen (secondary N) is 2. The lowest BCUT2D eigenvalue weighted by atomic mass is 9.80. The van der Waals surface area contributed by atoms with Gasteiger partial charge in [-0.15, -0.1) is 0 Å². The summed E-state index contributed by atoms with van der Waals surface area (Å²) >= 11 is 0. The molecule has 5 heteroatoms. The largest absolute Gasteiger partial charge is 0.323 e. The first-order valence-corrected chi connectivity index (χ1v) is 5.99. The zero-order valence-corrected chi connectivity index (χ0v) is 10.2. The van der Waals surface area contributed by atoms with Gasteiger partial charge in [-0.1, -0.05) is 13.0 Å². The number of hydrogen-bond donors (Lipinski definition) is 2. The van der Waals surface area contributed by atoms with Crippen molar-refractivity contribution in [1.29, 1.82) is 0 Å². The fourth-order valence-corrected chi connectivity index (χ4v) is 2.08. The van der Waals surface area contributed by atoms with E-state index in [1.54, 1.807) is 0 Å². The number of benzene rings is 1. The average Bonchev–Trinajstić information content (AvgIpc) is 2.36. The predicted molar refractivity (Wildman–Crippen MR) is 65.2 cm³/mol. The first kappa shape index (κ1) is 13.0. The van der Waals surface area contributed by atoms with E-state index in [1.807, 2.05) is 6.92 Å². The summed E-state index contributed by atoms with van der Waals surface area (Å²) in [6.45, 7) is 3.37. The van der Waals surface area contributed by atoms with Crippen molar-refractivity contribution in [2.75, 3.05) is 18.4 Å². The third-order valence-electron chi connectivity index (χ3n) is 3.46. The SMILES string of the molecule is CC1(C(=O)Nc2cccc(F)c2F)CCNCC1. The molecule has 0 aromatic heterocycles. The van der Waals surface area contributed by atoms with Crippen LogP contribution in [-0.2, 0) is 4.79 Å². The zero-order chi connectivity index (χ0) is 13.2. The van der Waals surface area contributed by atoms with Crippen LogP contribution in [0.3, 0.4) is 0 Å². The van der Waals surface area contributed by atoms with Crippen LogP contribution in [0.5, 0.6) is 0 Å². The van der Waals surface area contributed by atoms with Gasteiger partial charge in [0.2, 0.25) is 5.91 Å². The van der Waals surface area contributed by atoms with Gasteiger partial charge in [-0.25, -0.2) is 8.78 Å².